The summed E-state index contributed by atoms with van der Waals surface area (Å²) in [5.41, 5.74) is 1.71. The molecular formula is C22H23O2P. The Hall–Kier alpha value is -2.44. The second-order valence-electron chi connectivity index (χ2n) is 6.87. The fraction of sp³-hybridized carbons (Fsp3) is 0.136. The van der Waals surface area contributed by atoms with Gasteiger partial charge in [0.05, 0.1) is 0 Å². The number of benzene rings is 3. The normalized spacial score (nSPS) is 12.8. The van der Waals surface area contributed by atoms with Crippen LogP contribution >= 0.6 is 6.83 Å². The number of hydrogen-bond donors (Lipinski definition) is 0. The molecule has 0 fully saturated rings. The summed E-state index contributed by atoms with van der Waals surface area (Å²) in [6.45, 7) is 3.13. The van der Waals surface area contributed by atoms with Crippen molar-refractivity contribution < 1.29 is 9.32 Å². The fourth-order valence-corrected chi connectivity index (χ4v) is 7.02. The SMILES string of the molecule is Cc1ccccc1P(C)(C)(OC(=O)c1ccccc1)c1ccccc1. The predicted molar refractivity (Wildman–Crippen MR) is 108 cm³/mol. The van der Waals surface area contributed by atoms with Crippen LogP contribution in [0.4, 0.5) is 0 Å². The van der Waals surface area contributed by atoms with E-state index in [1.807, 2.05) is 48.5 Å². The topological polar surface area (TPSA) is 26.3 Å². The van der Waals surface area contributed by atoms with E-state index >= 15 is 0 Å². The molecular weight excluding hydrogens is 327 g/mol. The third-order valence-electron chi connectivity index (χ3n) is 4.69. The summed E-state index contributed by atoms with van der Waals surface area (Å²) in [6, 6.07) is 27.5. The first kappa shape index (κ1) is 17.4. The van der Waals surface area contributed by atoms with E-state index in [1.54, 1.807) is 12.1 Å². The second kappa shape index (κ2) is 6.46. The predicted octanol–water partition coefficient (Wildman–Crippen LogP) is 4.53. The van der Waals surface area contributed by atoms with Crippen LogP contribution in [0, 0.1) is 6.92 Å². The summed E-state index contributed by atoms with van der Waals surface area (Å²) in [4.78, 5) is 12.9. The first-order valence-corrected chi connectivity index (χ1v) is 11.4. The van der Waals surface area contributed by atoms with Crippen LogP contribution in [-0.2, 0) is 4.52 Å². The van der Waals surface area contributed by atoms with Crippen LogP contribution in [0.5, 0.6) is 0 Å². The summed E-state index contributed by atoms with van der Waals surface area (Å²) in [5.74, 6) is -0.282. The Kier molecular flexibility index (Phi) is 4.49. The van der Waals surface area contributed by atoms with E-state index in [0.29, 0.717) is 5.56 Å². The molecule has 3 heteroatoms. The Morgan fingerprint density at radius 1 is 0.760 bits per heavy atom. The van der Waals surface area contributed by atoms with Gasteiger partial charge in [0.25, 0.3) is 0 Å². The molecule has 128 valence electrons. The molecule has 0 atom stereocenters. The zero-order valence-electron chi connectivity index (χ0n) is 14.8. The summed E-state index contributed by atoms with van der Waals surface area (Å²) >= 11 is 0. The average Bonchev–Trinajstić information content (AvgIpc) is 2.63. The Morgan fingerprint density at radius 3 is 1.88 bits per heavy atom. The molecule has 0 heterocycles. The van der Waals surface area contributed by atoms with Crippen LogP contribution in [-0.4, -0.2) is 19.3 Å². The quantitative estimate of drug-likeness (QED) is 0.646. The molecule has 0 unspecified atom stereocenters. The molecule has 0 bridgehead atoms. The maximum atomic E-state index is 12.9. The second-order valence-corrected chi connectivity index (χ2v) is 12.1. The van der Waals surface area contributed by atoms with Crippen molar-refractivity contribution in [2.75, 3.05) is 13.3 Å². The van der Waals surface area contributed by atoms with E-state index < -0.39 is 6.83 Å². The maximum absolute atomic E-state index is 12.9. The van der Waals surface area contributed by atoms with E-state index in [4.69, 9.17) is 4.52 Å². The van der Waals surface area contributed by atoms with Crippen LogP contribution in [0.3, 0.4) is 0 Å². The molecule has 3 rings (SSSR count). The Balaban J connectivity index is 2.17. The zero-order chi connectivity index (χ0) is 17.9. The van der Waals surface area contributed by atoms with Gasteiger partial charge >= 0.3 is 149 Å². The first-order valence-electron chi connectivity index (χ1n) is 8.33. The molecule has 0 aliphatic heterocycles. The Labute approximate surface area is 149 Å². The minimum absolute atomic E-state index is 0.282. The van der Waals surface area contributed by atoms with Crippen molar-refractivity contribution in [3.8, 4) is 0 Å². The van der Waals surface area contributed by atoms with E-state index in [-0.39, 0.29) is 5.97 Å². The summed E-state index contributed by atoms with van der Waals surface area (Å²) < 4.78 is 6.36. The van der Waals surface area contributed by atoms with Crippen LogP contribution in [0.25, 0.3) is 0 Å². The molecule has 0 spiro atoms. The van der Waals surface area contributed by atoms with Crippen molar-refractivity contribution in [3.05, 3.63) is 96.1 Å². The molecule has 2 nitrogen and oxygen atoms in total. The number of rotatable bonds is 4. The summed E-state index contributed by atoms with van der Waals surface area (Å²) in [6.07, 6.45) is 0. The molecule has 0 aromatic heterocycles. The van der Waals surface area contributed by atoms with Crippen molar-refractivity contribution in [1.82, 2.24) is 0 Å². The van der Waals surface area contributed by atoms with Gasteiger partial charge in [0, 0.05) is 0 Å². The van der Waals surface area contributed by atoms with Gasteiger partial charge in [-0.05, 0) is 0 Å². The zero-order valence-corrected chi connectivity index (χ0v) is 15.7. The monoisotopic (exact) mass is 350 g/mol. The standard InChI is InChI=1S/C22H23O2P/c1-18-12-10-11-17-21(18)25(2,3,20-15-8-5-9-16-20)24-22(23)19-13-6-4-7-14-19/h4-17H,1-3H3. The van der Waals surface area contributed by atoms with Gasteiger partial charge in [0.15, 0.2) is 0 Å². The Morgan fingerprint density at radius 2 is 1.28 bits per heavy atom. The van der Waals surface area contributed by atoms with Crippen molar-refractivity contribution >= 4 is 23.4 Å². The molecule has 0 saturated heterocycles. The molecule has 3 aromatic carbocycles. The summed E-state index contributed by atoms with van der Waals surface area (Å²) in [7, 11) is 0. The molecule has 0 saturated carbocycles. The van der Waals surface area contributed by atoms with Crippen LogP contribution in [0.2, 0.25) is 0 Å². The van der Waals surface area contributed by atoms with E-state index in [0.717, 1.165) is 16.2 Å². The molecule has 0 N–H and O–H groups in total. The number of carbonyl (C=O) groups excluding carboxylic acids is 1. The average molecular weight is 350 g/mol. The van der Waals surface area contributed by atoms with Gasteiger partial charge in [0.1, 0.15) is 0 Å². The van der Waals surface area contributed by atoms with E-state index in [2.05, 4.69) is 44.5 Å². The molecule has 0 amide bonds. The van der Waals surface area contributed by atoms with Crippen LogP contribution in [0.15, 0.2) is 84.9 Å². The van der Waals surface area contributed by atoms with Gasteiger partial charge in [-0.25, -0.2) is 0 Å². The molecule has 0 aliphatic rings. The van der Waals surface area contributed by atoms with Crippen LogP contribution < -0.4 is 10.6 Å². The molecule has 0 aliphatic carbocycles. The summed E-state index contributed by atoms with van der Waals surface area (Å²) in [5, 5.41) is 2.16. The first-order chi connectivity index (χ1) is 11.9. The molecule has 0 radical (unpaired) electrons. The Bertz CT molecular complexity index is 886. The van der Waals surface area contributed by atoms with Gasteiger partial charge in [-0.15, -0.1) is 0 Å². The van der Waals surface area contributed by atoms with Gasteiger partial charge in [-0.3, -0.25) is 0 Å². The number of carbonyl (C=O) groups is 1. The van der Waals surface area contributed by atoms with E-state index in [9.17, 15) is 4.79 Å². The molecule has 3 aromatic rings. The third kappa shape index (κ3) is 3.23. The number of hydrogen-bond acceptors (Lipinski definition) is 2. The van der Waals surface area contributed by atoms with Crippen LogP contribution in [0.1, 0.15) is 15.9 Å². The van der Waals surface area contributed by atoms with Crippen molar-refractivity contribution in [1.29, 1.82) is 0 Å². The molecule has 25 heavy (non-hydrogen) atoms. The van der Waals surface area contributed by atoms with Gasteiger partial charge in [-0.2, -0.15) is 0 Å². The van der Waals surface area contributed by atoms with E-state index in [1.165, 1.54) is 0 Å². The van der Waals surface area contributed by atoms with Crippen molar-refractivity contribution in [3.63, 3.8) is 0 Å². The van der Waals surface area contributed by atoms with Gasteiger partial charge in [0.2, 0.25) is 0 Å². The van der Waals surface area contributed by atoms with Gasteiger partial charge < -0.3 is 0 Å². The fourth-order valence-electron chi connectivity index (χ4n) is 3.27. The van der Waals surface area contributed by atoms with Gasteiger partial charge in [-0.1, -0.05) is 0 Å². The van der Waals surface area contributed by atoms with Crippen molar-refractivity contribution in [2.24, 2.45) is 0 Å². The van der Waals surface area contributed by atoms with Crippen molar-refractivity contribution in [2.45, 2.75) is 6.92 Å². The minimum atomic E-state index is -3.14. The number of aryl methyl sites for hydroxylation is 1. The third-order valence-corrected chi connectivity index (χ3v) is 9.11.